The number of hydrogen-bond donors (Lipinski definition) is 4. The zero-order valence-corrected chi connectivity index (χ0v) is 7.72. The summed E-state index contributed by atoms with van der Waals surface area (Å²) >= 11 is 0. The highest BCUT2D eigenvalue weighted by Crippen LogP contribution is 2.11. The molecule has 1 fully saturated rings. The predicted molar refractivity (Wildman–Crippen MR) is 47.8 cm³/mol. The Labute approximate surface area is 77.5 Å². The third-order valence-electron chi connectivity index (χ3n) is 1.35. The van der Waals surface area contributed by atoms with E-state index in [4.69, 9.17) is 19.7 Å². The third-order valence-corrected chi connectivity index (χ3v) is 1.35. The van der Waals surface area contributed by atoms with Crippen molar-refractivity contribution >= 4 is 6.41 Å². The normalized spacial score (nSPS) is 24.9. The van der Waals surface area contributed by atoms with Crippen molar-refractivity contribution in [3.63, 3.8) is 0 Å². The van der Waals surface area contributed by atoms with Gasteiger partial charge in [-0.3, -0.25) is 4.79 Å². The molecule has 0 aromatic heterocycles. The molecular weight excluding hydrogens is 176 g/mol. The minimum Gasteiger partial charge on any atom is -0.394 e. The summed E-state index contributed by atoms with van der Waals surface area (Å²) in [5.74, 6) is 0. The molecule has 13 heavy (non-hydrogen) atoms. The molecule has 1 unspecified atom stereocenters. The van der Waals surface area contributed by atoms with Gasteiger partial charge in [-0.2, -0.15) is 0 Å². The molecule has 6 heteroatoms. The second-order valence-corrected chi connectivity index (χ2v) is 2.08. The minimum atomic E-state index is -0.444. The van der Waals surface area contributed by atoms with Crippen molar-refractivity contribution in [1.82, 2.24) is 0 Å². The van der Waals surface area contributed by atoms with Crippen molar-refractivity contribution in [3.8, 4) is 0 Å². The molecule has 1 rings (SSSR count). The van der Waals surface area contributed by atoms with Crippen LogP contribution in [0.15, 0.2) is 0 Å². The van der Waals surface area contributed by atoms with Gasteiger partial charge in [-0.1, -0.05) is 0 Å². The quantitative estimate of drug-likeness (QED) is 0.353. The van der Waals surface area contributed by atoms with Gasteiger partial charge in [-0.25, -0.2) is 0 Å². The fourth-order valence-electron chi connectivity index (χ4n) is 0.812. The van der Waals surface area contributed by atoms with Crippen LogP contribution >= 0.6 is 0 Å². The Balaban J connectivity index is 0. The average Bonchev–Trinajstić information content (AvgIpc) is 2.56. The smallest absolute Gasteiger partial charge is 0.204 e. The van der Waals surface area contributed by atoms with Crippen LogP contribution < -0.4 is 11.5 Å². The molecule has 1 saturated heterocycles. The Morgan fingerprint density at radius 3 is 2.23 bits per heavy atom. The zero-order chi connectivity index (χ0) is 10.7. The van der Waals surface area contributed by atoms with Crippen molar-refractivity contribution in [2.24, 2.45) is 11.5 Å². The molecule has 2 atom stereocenters. The second-order valence-electron chi connectivity index (χ2n) is 2.08. The van der Waals surface area contributed by atoms with E-state index in [1.54, 1.807) is 0 Å². The van der Waals surface area contributed by atoms with E-state index in [2.05, 4.69) is 11.5 Å². The Hall–Kier alpha value is -0.690. The fraction of sp³-hybridized carbons (Fsp3) is 0.857. The van der Waals surface area contributed by atoms with Gasteiger partial charge in [0.1, 0.15) is 6.10 Å². The van der Waals surface area contributed by atoms with Gasteiger partial charge in [-0.05, 0) is 13.5 Å². The van der Waals surface area contributed by atoms with E-state index in [-0.39, 0.29) is 19.1 Å². The van der Waals surface area contributed by atoms with E-state index in [1.165, 1.54) is 7.05 Å². The SMILES string of the molecule is CN.NC=O.OC[C@@H]1OCCC1O. The van der Waals surface area contributed by atoms with Crippen molar-refractivity contribution in [2.75, 3.05) is 20.3 Å². The lowest BCUT2D eigenvalue weighted by Gasteiger charge is -2.07. The first-order chi connectivity index (χ1) is 6.26. The maximum Gasteiger partial charge on any atom is 0.204 e. The first kappa shape index (κ1) is 14.8. The Morgan fingerprint density at radius 1 is 1.62 bits per heavy atom. The van der Waals surface area contributed by atoms with E-state index < -0.39 is 6.10 Å². The highest BCUT2D eigenvalue weighted by atomic mass is 16.5. The molecule has 1 aliphatic rings. The summed E-state index contributed by atoms with van der Waals surface area (Å²) in [6.45, 7) is 0.508. The summed E-state index contributed by atoms with van der Waals surface area (Å²) in [7, 11) is 1.50. The molecule has 0 radical (unpaired) electrons. The maximum atomic E-state index is 8.90. The van der Waals surface area contributed by atoms with Crippen LogP contribution in [0.5, 0.6) is 0 Å². The summed E-state index contributed by atoms with van der Waals surface area (Å²) in [6, 6.07) is 0. The number of aliphatic hydroxyl groups excluding tert-OH is 2. The molecule has 80 valence electrons. The number of ether oxygens (including phenoxy) is 1. The van der Waals surface area contributed by atoms with Crippen LogP contribution in [-0.2, 0) is 9.53 Å². The summed E-state index contributed by atoms with van der Waals surface area (Å²) in [6.07, 6.45) is 0.139. The Kier molecular flexibility index (Phi) is 12.9. The lowest BCUT2D eigenvalue weighted by Crippen LogP contribution is -2.24. The van der Waals surface area contributed by atoms with Gasteiger partial charge in [0.05, 0.1) is 12.7 Å². The molecule has 0 aromatic carbocycles. The number of carbonyl (C=O) groups is 1. The number of hydrogen-bond acceptors (Lipinski definition) is 5. The summed E-state index contributed by atoms with van der Waals surface area (Å²) in [5, 5.41) is 17.4. The highest BCUT2D eigenvalue weighted by Gasteiger charge is 2.24. The Bertz CT molecular complexity index is 113. The summed E-state index contributed by atoms with van der Waals surface area (Å²) in [4.78, 5) is 8.58. The van der Waals surface area contributed by atoms with Crippen LogP contribution in [0.4, 0.5) is 0 Å². The molecule has 0 saturated carbocycles. The van der Waals surface area contributed by atoms with Crippen LogP contribution in [-0.4, -0.2) is 49.1 Å². The molecule has 0 aliphatic carbocycles. The van der Waals surface area contributed by atoms with Gasteiger partial charge in [0.2, 0.25) is 6.41 Å². The molecule has 1 aliphatic heterocycles. The number of aliphatic hydroxyl groups is 2. The maximum absolute atomic E-state index is 8.90. The molecule has 6 nitrogen and oxygen atoms in total. The molecule has 1 amide bonds. The Morgan fingerprint density at radius 2 is 2.08 bits per heavy atom. The lowest BCUT2D eigenvalue weighted by molar-refractivity contribution is -0.106. The zero-order valence-electron chi connectivity index (χ0n) is 7.72. The summed E-state index contributed by atoms with van der Waals surface area (Å²) < 4.78 is 4.91. The molecule has 0 aromatic rings. The highest BCUT2D eigenvalue weighted by molar-refractivity contribution is 5.42. The first-order valence-electron chi connectivity index (χ1n) is 3.90. The van der Waals surface area contributed by atoms with Gasteiger partial charge in [0, 0.05) is 6.61 Å². The number of rotatable bonds is 1. The van der Waals surface area contributed by atoms with Gasteiger partial charge in [0.25, 0.3) is 0 Å². The van der Waals surface area contributed by atoms with E-state index in [9.17, 15) is 0 Å². The number of primary amides is 1. The van der Waals surface area contributed by atoms with E-state index in [0.29, 0.717) is 13.0 Å². The van der Waals surface area contributed by atoms with Gasteiger partial charge in [-0.15, -0.1) is 0 Å². The molecule has 1 heterocycles. The van der Waals surface area contributed by atoms with Crippen LogP contribution in [0.25, 0.3) is 0 Å². The van der Waals surface area contributed by atoms with E-state index in [1.807, 2.05) is 0 Å². The van der Waals surface area contributed by atoms with E-state index in [0.717, 1.165) is 0 Å². The predicted octanol–water partition coefficient (Wildman–Crippen LogP) is -2.20. The third kappa shape index (κ3) is 7.66. The standard InChI is InChI=1S/C5H10O3.CH3NO.CH5N/c6-3-5-4(7)1-2-8-5;2-1-3;1-2/h4-7H,1-3H2;1H,(H2,2,3);2H2,1H3/t4?,5-;;/m0../s1. The minimum absolute atomic E-state index is 0.0683. The summed E-state index contributed by atoms with van der Waals surface area (Å²) in [5.41, 5.74) is 8.67. The fourth-order valence-corrected chi connectivity index (χ4v) is 0.812. The number of carbonyl (C=O) groups excluding carboxylic acids is 1. The lowest BCUT2D eigenvalue weighted by atomic mass is 10.2. The number of nitrogens with two attached hydrogens (primary N) is 2. The average molecular weight is 194 g/mol. The molecule has 0 bridgehead atoms. The van der Waals surface area contributed by atoms with E-state index >= 15 is 0 Å². The van der Waals surface area contributed by atoms with Crippen LogP contribution in [0.3, 0.4) is 0 Å². The monoisotopic (exact) mass is 194 g/mol. The second kappa shape index (κ2) is 11.3. The van der Waals surface area contributed by atoms with Crippen molar-refractivity contribution in [1.29, 1.82) is 0 Å². The topological polar surface area (TPSA) is 119 Å². The van der Waals surface area contributed by atoms with Crippen LogP contribution in [0.1, 0.15) is 6.42 Å². The largest absolute Gasteiger partial charge is 0.394 e. The van der Waals surface area contributed by atoms with Crippen molar-refractivity contribution in [3.05, 3.63) is 0 Å². The molecule has 6 N–H and O–H groups in total. The van der Waals surface area contributed by atoms with Crippen LogP contribution in [0, 0.1) is 0 Å². The van der Waals surface area contributed by atoms with Gasteiger partial charge in [0.15, 0.2) is 0 Å². The van der Waals surface area contributed by atoms with Crippen molar-refractivity contribution < 1.29 is 19.7 Å². The van der Waals surface area contributed by atoms with Gasteiger partial charge < -0.3 is 26.4 Å². The number of amides is 1. The van der Waals surface area contributed by atoms with Gasteiger partial charge >= 0.3 is 0 Å². The van der Waals surface area contributed by atoms with Crippen LogP contribution in [0.2, 0.25) is 0 Å². The molecular formula is C7H18N2O4. The van der Waals surface area contributed by atoms with Crippen molar-refractivity contribution in [2.45, 2.75) is 18.6 Å². The molecule has 0 spiro atoms. The first-order valence-corrected chi connectivity index (χ1v) is 3.90.